The summed E-state index contributed by atoms with van der Waals surface area (Å²) in [6.45, 7) is 6.46. The SMILES string of the molecule is CCOc1ccc(NC(=O)C(C)C2CNC2)cc1.Cl. The second kappa shape index (κ2) is 7.36. The summed E-state index contributed by atoms with van der Waals surface area (Å²) >= 11 is 0. The van der Waals surface area contributed by atoms with E-state index in [4.69, 9.17) is 4.74 Å². The van der Waals surface area contributed by atoms with Crippen molar-refractivity contribution in [2.24, 2.45) is 11.8 Å². The topological polar surface area (TPSA) is 50.4 Å². The molecule has 1 aromatic carbocycles. The van der Waals surface area contributed by atoms with Crippen molar-refractivity contribution in [1.29, 1.82) is 0 Å². The summed E-state index contributed by atoms with van der Waals surface area (Å²) in [5, 5.41) is 6.12. The fraction of sp³-hybridized carbons (Fsp3) is 0.500. The Morgan fingerprint density at radius 1 is 1.42 bits per heavy atom. The van der Waals surface area contributed by atoms with Gasteiger partial charge in [0.15, 0.2) is 0 Å². The summed E-state index contributed by atoms with van der Waals surface area (Å²) in [6.07, 6.45) is 0. The lowest BCUT2D eigenvalue weighted by Crippen LogP contribution is -2.48. The molecule has 0 saturated carbocycles. The van der Waals surface area contributed by atoms with Gasteiger partial charge in [0.25, 0.3) is 0 Å². The maximum absolute atomic E-state index is 12.0. The van der Waals surface area contributed by atoms with Crippen molar-refractivity contribution in [3.8, 4) is 5.75 Å². The van der Waals surface area contributed by atoms with E-state index in [0.717, 1.165) is 24.5 Å². The Morgan fingerprint density at radius 3 is 2.53 bits per heavy atom. The third-order valence-corrected chi connectivity index (χ3v) is 3.37. The van der Waals surface area contributed by atoms with Crippen LogP contribution in [0.15, 0.2) is 24.3 Å². The van der Waals surface area contributed by atoms with E-state index in [1.165, 1.54) is 0 Å². The largest absolute Gasteiger partial charge is 0.494 e. The predicted octanol–water partition coefficient (Wildman–Crippen LogP) is 2.30. The number of hydrogen-bond donors (Lipinski definition) is 2. The highest BCUT2D eigenvalue weighted by molar-refractivity contribution is 5.92. The van der Waals surface area contributed by atoms with Gasteiger partial charge >= 0.3 is 0 Å². The van der Waals surface area contributed by atoms with Gasteiger partial charge in [0.2, 0.25) is 5.91 Å². The van der Waals surface area contributed by atoms with Crippen LogP contribution in [-0.2, 0) is 4.79 Å². The first kappa shape index (κ1) is 15.8. The maximum Gasteiger partial charge on any atom is 0.227 e. The summed E-state index contributed by atoms with van der Waals surface area (Å²) < 4.78 is 5.36. The molecule has 1 unspecified atom stereocenters. The van der Waals surface area contributed by atoms with Crippen LogP contribution in [0.2, 0.25) is 0 Å². The highest BCUT2D eigenvalue weighted by atomic mass is 35.5. The number of halogens is 1. The summed E-state index contributed by atoms with van der Waals surface area (Å²) in [7, 11) is 0. The fourth-order valence-corrected chi connectivity index (χ4v) is 1.94. The quantitative estimate of drug-likeness (QED) is 0.872. The normalized spacial score (nSPS) is 15.9. The van der Waals surface area contributed by atoms with E-state index in [2.05, 4.69) is 10.6 Å². The van der Waals surface area contributed by atoms with Crippen molar-refractivity contribution in [1.82, 2.24) is 5.32 Å². The highest BCUT2D eigenvalue weighted by Crippen LogP contribution is 2.20. The number of ether oxygens (including phenoxy) is 1. The van der Waals surface area contributed by atoms with Crippen molar-refractivity contribution in [3.63, 3.8) is 0 Å². The monoisotopic (exact) mass is 284 g/mol. The minimum absolute atomic E-state index is 0. The maximum atomic E-state index is 12.0. The fourth-order valence-electron chi connectivity index (χ4n) is 1.94. The molecule has 0 radical (unpaired) electrons. The summed E-state index contributed by atoms with van der Waals surface area (Å²) in [5.74, 6) is 1.43. The molecule has 19 heavy (non-hydrogen) atoms. The minimum atomic E-state index is 0. The first-order chi connectivity index (χ1) is 8.70. The average molecular weight is 285 g/mol. The number of benzene rings is 1. The molecule has 0 aromatic heterocycles. The van der Waals surface area contributed by atoms with E-state index in [1.807, 2.05) is 38.1 Å². The van der Waals surface area contributed by atoms with Crippen molar-refractivity contribution in [2.75, 3.05) is 25.0 Å². The second-order valence-corrected chi connectivity index (χ2v) is 4.65. The van der Waals surface area contributed by atoms with Crippen molar-refractivity contribution in [2.45, 2.75) is 13.8 Å². The van der Waals surface area contributed by atoms with Crippen molar-refractivity contribution < 1.29 is 9.53 Å². The summed E-state index contributed by atoms with van der Waals surface area (Å²) in [5.41, 5.74) is 0.822. The Bertz CT molecular complexity index is 404. The Hall–Kier alpha value is -1.26. The van der Waals surface area contributed by atoms with E-state index >= 15 is 0 Å². The van der Waals surface area contributed by atoms with Crippen LogP contribution in [0.1, 0.15) is 13.8 Å². The number of anilines is 1. The summed E-state index contributed by atoms with van der Waals surface area (Å²) in [6, 6.07) is 7.48. The molecule has 1 aliphatic heterocycles. The molecule has 1 heterocycles. The molecule has 0 aliphatic carbocycles. The molecule has 4 nitrogen and oxygen atoms in total. The van der Waals surface area contributed by atoms with Gasteiger partial charge in [-0.05, 0) is 50.2 Å². The van der Waals surface area contributed by atoms with Gasteiger partial charge in [-0.2, -0.15) is 0 Å². The van der Waals surface area contributed by atoms with Crippen LogP contribution in [0.5, 0.6) is 5.75 Å². The molecule has 2 rings (SSSR count). The van der Waals surface area contributed by atoms with Crippen LogP contribution >= 0.6 is 12.4 Å². The molecule has 1 aliphatic rings. The lowest BCUT2D eigenvalue weighted by Gasteiger charge is -2.31. The molecular formula is C14H21ClN2O2. The molecule has 5 heteroatoms. The van der Waals surface area contributed by atoms with E-state index in [1.54, 1.807) is 0 Å². The summed E-state index contributed by atoms with van der Waals surface area (Å²) in [4.78, 5) is 12.0. The van der Waals surface area contributed by atoms with Gasteiger partial charge in [-0.15, -0.1) is 12.4 Å². The van der Waals surface area contributed by atoms with Crippen LogP contribution in [0.25, 0.3) is 0 Å². The minimum Gasteiger partial charge on any atom is -0.494 e. The van der Waals surface area contributed by atoms with Gasteiger partial charge < -0.3 is 15.4 Å². The lowest BCUT2D eigenvalue weighted by molar-refractivity contribution is -0.121. The number of carbonyl (C=O) groups is 1. The number of hydrogen-bond acceptors (Lipinski definition) is 3. The molecule has 2 N–H and O–H groups in total. The standard InChI is InChI=1S/C14H20N2O2.ClH/c1-3-18-13-6-4-12(5-7-13)16-14(17)10(2)11-8-15-9-11;/h4-7,10-11,15H,3,8-9H2,1-2H3,(H,16,17);1H. The van der Waals surface area contributed by atoms with Crippen LogP contribution in [0, 0.1) is 11.8 Å². The zero-order valence-electron chi connectivity index (χ0n) is 11.3. The average Bonchev–Trinajstić information content (AvgIpc) is 2.29. The van der Waals surface area contributed by atoms with Crippen molar-refractivity contribution in [3.05, 3.63) is 24.3 Å². The Balaban J connectivity index is 0.00000180. The predicted molar refractivity (Wildman–Crippen MR) is 79.0 cm³/mol. The Kier molecular flexibility index (Phi) is 6.12. The molecule has 1 atom stereocenters. The third kappa shape index (κ3) is 4.11. The number of nitrogens with one attached hydrogen (secondary N) is 2. The number of rotatable bonds is 5. The van der Waals surface area contributed by atoms with Gasteiger partial charge in [-0.3, -0.25) is 4.79 Å². The van der Waals surface area contributed by atoms with E-state index in [9.17, 15) is 4.79 Å². The van der Waals surface area contributed by atoms with Crippen LogP contribution in [0.3, 0.4) is 0 Å². The zero-order chi connectivity index (χ0) is 13.0. The second-order valence-electron chi connectivity index (χ2n) is 4.65. The molecule has 1 saturated heterocycles. The third-order valence-electron chi connectivity index (χ3n) is 3.37. The van der Waals surface area contributed by atoms with E-state index in [0.29, 0.717) is 12.5 Å². The van der Waals surface area contributed by atoms with Gasteiger partial charge in [0, 0.05) is 11.6 Å². The smallest absolute Gasteiger partial charge is 0.227 e. The molecule has 1 fully saturated rings. The Morgan fingerprint density at radius 2 is 2.05 bits per heavy atom. The number of amides is 1. The molecule has 1 amide bonds. The van der Waals surface area contributed by atoms with Crippen LogP contribution in [0.4, 0.5) is 5.69 Å². The first-order valence-corrected chi connectivity index (χ1v) is 6.45. The van der Waals surface area contributed by atoms with Crippen LogP contribution in [-0.4, -0.2) is 25.6 Å². The van der Waals surface area contributed by atoms with Gasteiger partial charge in [0.1, 0.15) is 5.75 Å². The molecular weight excluding hydrogens is 264 g/mol. The molecule has 1 aromatic rings. The van der Waals surface area contributed by atoms with Gasteiger partial charge in [-0.1, -0.05) is 6.92 Å². The van der Waals surface area contributed by atoms with Gasteiger partial charge in [-0.25, -0.2) is 0 Å². The molecule has 106 valence electrons. The van der Waals surface area contributed by atoms with Crippen molar-refractivity contribution >= 4 is 24.0 Å². The molecule has 0 bridgehead atoms. The first-order valence-electron chi connectivity index (χ1n) is 6.45. The lowest BCUT2D eigenvalue weighted by atomic mass is 9.88. The zero-order valence-corrected chi connectivity index (χ0v) is 12.1. The molecule has 0 spiro atoms. The highest BCUT2D eigenvalue weighted by Gasteiger charge is 2.28. The Labute approximate surface area is 120 Å². The van der Waals surface area contributed by atoms with E-state index < -0.39 is 0 Å². The van der Waals surface area contributed by atoms with Gasteiger partial charge in [0.05, 0.1) is 6.61 Å². The van der Waals surface area contributed by atoms with Crippen LogP contribution < -0.4 is 15.4 Å². The number of carbonyl (C=O) groups excluding carboxylic acids is 1. The van der Waals surface area contributed by atoms with E-state index in [-0.39, 0.29) is 24.2 Å².